The summed E-state index contributed by atoms with van der Waals surface area (Å²) in [7, 11) is 0. The van der Waals surface area contributed by atoms with Crippen molar-refractivity contribution in [2.75, 3.05) is 13.2 Å². The van der Waals surface area contributed by atoms with Gasteiger partial charge in [0.05, 0.1) is 6.61 Å². The maximum absolute atomic E-state index is 12.1. The zero-order chi connectivity index (χ0) is 15.5. The van der Waals surface area contributed by atoms with E-state index in [-0.39, 0.29) is 18.1 Å². The van der Waals surface area contributed by atoms with Crippen LogP contribution in [0.4, 0.5) is 0 Å². The second-order valence-corrected chi connectivity index (χ2v) is 5.85. The standard InChI is InChI=1S/C17H23NO4/c1-3-20-15-8-12-7-11(2)22-16(12)9-13(15)10-18-17(19)14-5-4-6-21-14/h8-9,11,14H,3-7,10H2,1-2H3,(H,18,19)/t11-,14-/m1/s1. The number of amides is 1. The molecule has 3 rings (SSSR count). The lowest BCUT2D eigenvalue weighted by atomic mass is 10.1. The zero-order valence-corrected chi connectivity index (χ0v) is 13.2. The molecule has 0 saturated carbocycles. The minimum absolute atomic E-state index is 0.0465. The third-order valence-corrected chi connectivity index (χ3v) is 4.05. The number of carbonyl (C=O) groups excluding carboxylic acids is 1. The number of hydrogen-bond donors (Lipinski definition) is 1. The number of carbonyl (C=O) groups is 1. The fourth-order valence-corrected chi connectivity index (χ4v) is 2.99. The van der Waals surface area contributed by atoms with Gasteiger partial charge in [-0.3, -0.25) is 4.79 Å². The van der Waals surface area contributed by atoms with Crippen LogP contribution in [0.1, 0.15) is 37.8 Å². The quantitative estimate of drug-likeness (QED) is 0.906. The first-order valence-corrected chi connectivity index (χ1v) is 8.02. The van der Waals surface area contributed by atoms with Gasteiger partial charge in [-0.05, 0) is 38.8 Å². The number of fused-ring (bicyclic) bond motifs is 1. The molecule has 120 valence electrons. The molecular weight excluding hydrogens is 282 g/mol. The smallest absolute Gasteiger partial charge is 0.249 e. The van der Waals surface area contributed by atoms with E-state index < -0.39 is 0 Å². The van der Waals surface area contributed by atoms with Gasteiger partial charge in [-0.2, -0.15) is 0 Å². The molecule has 0 radical (unpaired) electrons. The predicted molar refractivity (Wildman–Crippen MR) is 82.2 cm³/mol. The van der Waals surface area contributed by atoms with Gasteiger partial charge >= 0.3 is 0 Å². The van der Waals surface area contributed by atoms with Gasteiger partial charge in [-0.25, -0.2) is 0 Å². The highest BCUT2D eigenvalue weighted by molar-refractivity contribution is 5.81. The summed E-state index contributed by atoms with van der Waals surface area (Å²) in [5.41, 5.74) is 2.12. The van der Waals surface area contributed by atoms with Crippen LogP contribution in [-0.2, 0) is 22.5 Å². The molecule has 1 aromatic rings. The van der Waals surface area contributed by atoms with Crippen molar-refractivity contribution in [2.45, 2.75) is 51.9 Å². The first-order chi connectivity index (χ1) is 10.7. The van der Waals surface area contributed by atoms with Crippen molar-refractivity contribution in [3.63, 3.8) is 0 Å². The third-order valence-electron chi connectivity index (χ3n) is 4.05. The van der Waals surface area contributed by atoms with Crippen LogP contribution in [-0.4, -0.2) is 31.3 Å². The Morgan fingerprint density at radius 3 is 3.05 bits per heavy atom. The van der Waals surface area contributed by atoms with Crippen LogP contribution in [0.3, 0.4) is 0 Å². The lowest BCUT2D eigenvalue weighted by Crippen LogP contribution is -2.33. The van der Waals surface area contributed by atoms with Crippen molar-refractivity contribution >= 4 is 5.91 Å². The second kappa shape index (κ2) is 6.57. The molecule has 2 heterocycles. The van der Waals surface area contributed by atoms with Crippen LogP contribution in [0.15, 0.2) is 12.1 Å². The lowest BCUT2D eigenvalue weighted by molar-refractivity contribution is -0.130. The number of hydrogen-bond acceptors (Lipinski definition) is 4. The Morgan fingerprint density at radius 1 is 1.45 bits per heavy atom. The first kappa shape index (κ1) is 15.2. The van der Waals surface area contributed by atoms with Gasteiger partial charge in [0.2, 0.25) is 5.91 Å². The number of benzene rings is 1. The fraction of sp³-hybridized carbons (Fsp3) is 0.588. The van der Waals surface area contributed by atoms with Crippen LogP contribution >= 0.6 is 0 Å². The molecule has 0 bridgehead atoms. The number of rotatable bonds is 5. The van der Waals surface area contributed by atoms with Gasteiger partial charge in [0.25, 0.3) is 0 Å². The SMILES string of the molecule is CCOc1cc2c(cc1CNC(=O)[C@H]1CCCO1)O[C@H](C)C2. The maximum Gasteiger partial charge on any atom is 0.249 e. The molecular formula is C17H23NO4. The van der Waals surface area contributed by atoms with E-state index in [1.807, 2.05) is 19.1 Å². The Bertz CT molecular complexity index is 552. The van der Waals surface area contributed by atoms with Gasteiger partial charge in [0.15, 0.2) is 0 Å². The molecule has 1 aromatic carbocycles. The van der Waals surface area contributed by atoms with Crippen molar-refractivity contribution in [1.82, 2.24) is 5.32 Å². The van der Waals surface area contributed by atoms with Crippen LogP contribution in [0, 0.1) is 0 Å². The first-order valence-electron chi connectivity index (χ1n) is 8.02. The molecule has 0 spiro atoms. The highest BCUT2D eigenvalue weighted by atomic mass is 16.5. The highest BCUT2D eigenvalue weighted by Crippen LogP contribution is 2.35. The Balaban J connectivity index is 1.71. The summed E-state index contributed by atoms with van der Waals surface area (Å²) in [6.07, 6.45) is 2.54. The predicted octanol–water partition coefficient (Wildman–Crippen LogP) is 2.20. The average molecular weight is 305 g/mol. The maximum atomic E-state index is 12.1. The van der Waals surface area contributed by atoms with E-state index in [4.69, 9.17) is 14.2 Å². The third kappa shape index (κ3) is 3.19. The monoisotopic (exact) mass is 305 g/mol. The Morgan fingerprint density at radius 2 is 2.32 bits per heavy atom. The topological polar surface area (TPSA) is 56.8 Å². The average Bonchev–Trinajstić information content (AvgIpc) is 3.13. The summed E-state index contributed by atoms with van der Waals surface area (Å²) in [6, 6.07) is 4.02. The molecule has 1 fully saturated rings. The molecule has 0 aliphatic carbocycles. The molecule has 2 aliphatic rings. The van der Waals surface area contributed by atoms with Crippen LogP contribution in [0.5, 0.6) is 11.5 Å². The van der Waals surface area contributed by atoms with E-state index in [1.54, 1.807) is 0 Å². The van der Waals surface area contributed by atoms with Crippen molar-refractivity contribution in [3.8, 4) is 11.5 Å². The van der Waals surface area contributed by atoms with Crippen LogP contribution in [0.2, 0.25) is 0 Å². The van der Waals surface area contributed by atoms with Crippen LogP contribution < -0.4 is 14.8 Å². The minimum Gasteiger partial charge on any atom is -0.494 e. The van der Waals surface area contributed by atoms with Gasteiger partial charge in [0.1, 0.15) is 23.7 Å². The molecule has 0 unspecified atom stereocenters. The van der Waals surface area contributed by atoms with E-state index >= 15 is 0 Å². The summed E-state index contributed by atoms with van der Waals surface area (Å²) in [5.74, 6) is 1.68. The van der Waals surface area contributed by atoms with E-state index in [2.05, 4.69) is 12.2 Å². The van der Waals surface area contributed by atoms with E-state index in [0.717, 1.165) is 36.3 Å². The largest absolute Gasteiger partial charge is 0.494 e. The minimum atomic E-state index is -0.304. The fourth-order valence-electron chi connectivity index (χ4n) is 2.99. The molecule has 5 nitrogen and oxygen atoms in total. The van der Waals surface area contributed by atoms with Gasteiger partial charge in [0, 0.05) is 30.7 Å². The molecule has 2 aliphatic heterocycles. The van der Waals surface area contributed by atoms with Crippen molar-refractivity contribution in [2.24, 2.45) is 0 Å². The molecule has 1 saturated heterocycles. The Labute approximate surface area is 130 Å². The summed E-state index contributed by atoms with van der Waals surface area (Å²) >= 11 is 0. The van der Waals surface area contributed by atoms with Crippen LogP contribution in [0.25, 0.3) is 0 Å². The highest BCUT2D eigenvalue weighted by Gasteiger charge is 2.25. The zero-order valence-electron chi connectivity index (χ0n) is 13.2. The van der Waals surface area contributed by atoms with Crippen molar-refractivity contribution < 1.29 is 19.0 Å². The Kier molecular flexibility index (Phi) is 4.52. The van der Waals surface area contributed by atoms with Crippen molar-refractivity contribution in [3.05, 3.63) is 23.3 Å². The molecule has 1 amide bonds. The molecule has 0 aromatic heterocycles. The summed E-state index contributed by atoms with van der Waals surface area (Å²) in [6.45, 7) is 5.72. The molecule has 2 atom stereocenters. The summed E-state index contributed by atoms with van der Waals surface area (Å²) in [4.78, 5) is 12.1. The Hall–Kier alpha value is -1.75. The van der Waals surface area contributed by atoms with Gasteiger partial charge in [-0.1, -0.05) is 0 Å². The van der Waals surface area contributed by atoms with E-state index in [0.29, 0.717) is 19.8 Å². The number of ether oxygens (including phenoxy) is 3. The van der Waals surface area contributed by atoms with E-state index in [9.17, 15) is 4.79 Å². The van der Waals surface area contributed by atoms with Crippen molar-refractivity contribution in [1.29, 1.82) is 0 Å². The lowest BCUT2D eigenvalue weighted by Gasteiger charge is -2.15. The summed E-state index contributed by atoms with van der Waals surface area (Å²) in [5, 5.41) is 2.94. The molecule has 1 N–H and O–H groups in total. The normalized spacial score (nSPS) is 23.0. The van der Waals surface area contributed by atoms with E-state index in [1.165, 1.54) is 5.56 Å². The van der Waals surface area contributed by atoms with Gasteiger partial charge in [-0.15, -0.1) is 0 Å². The van der Waals surface area contributed by atoms with Gasteiger partial charge < -0.3 is 19.5 Å². The number of nitrogens with one attached hydrogen (secondary N) is 1. The summed E-state index contributed by atoms with van der Waals surface area (Å²) < 4.78 is 16.9. The molecule has 22 heavy (non-hydrogen) atoms. The second-order valence-electron chi connectivity index (χ2n) is 5.85. The molecule has 5 heteroatoms.